The van der Waals surface area contributed by atoms with E-state index in [-0.39, 0.29) is 11.4 Å². The Morgan fingerprint density at radius 2 is 1.90 bits per heavy atom. The molecule has 1 N–H and O–H groups in total. The van der Waals surface area contributed by atoms with E-state index in [0.29, 0.717) is 10.2 Å². The van der Waals surface area contributed by atoms with Crippen molar-refractivity contribution in [1.82, 2.24) is 0 Å². The van der Waals surface area contributed by atoms with Gasteiger partial charge in [-0.1, -0.05) is 28.1 Å². The van der Waals surface area contributed by atoms with Crippen LogP contribution >= 0.6 is 15.9 Å². The summed E-state index contributed by atoms with van der Waals surface area (Å²) in [7, 11) is 0. The normalized spacial score (nSPS) is 11.9. The number of hydrogen-bond acceptors (Lipinski definition) is 4. The summed E-state index contributed by atoms with van der Waals surface area (Å²) < 4.78 is 6.13. The molecular weight excluding hydrogens is 326 g/mol. The van der Waals surface area contributed by atoms with E-state index in [4.69, 9.17) is 4.74 Å². The van der Waals surface area contributed by atoms with Gasteiger partial charge in [0.1, 0.15) is 5.75 Å². The first kappa shape index (κ1) is 14.5. The van der Waals surface area contributed by atoms with Crippen molar-refractivity contribution in [2.75, 3.05) is 0 Å². The summed E-state index contributed by atoms with van der Waals surface area (Å²) in [5.41, 5.74) is 0.640. The molecule has 2 rings (SSSR count). The highest BCUT2D eigenvalue weighted by atomic mass is 79.9. The van der Waals surface area contributed by atoms with E-state index >= 15 is 0 Å². The van der Waals surface area contributed by atoms with Crippen LogP contribution in [0.4, 0.5) is 5.69 Å². The van der Waals surface area contributed by atoms with Crippen molar-refractivity contribution in [1.29, 1.82) is 0 Å². The number of halogens is 1. The molecule has 0 fully saturated rings. The fourth-order valence-electron chi connectivity index (χ4n) is 1.66. The van der Waals surface area contributed by atoms with Crippen LogP contribution < -0.4 is 4.74 Å². The van der Waals surface area contributed by atoms with Crippen LogP contribution in [0.5, 0.6) is 11.5 Å². The molecule has 0 aliphatic rings. The lowest BCUT2D eigenvalue weighted by Crippen LogP contribution is -1.94. The summed E-state index contributed by atoms with van der Waals surface area (Å²) in [6.45, 7) is 1.66. The van der Waals surface area contributed by atoms with Crippen molar-refractivity contribution < 1.29 is 14.8 Å². The van der Waals surface area contributed by atoms with Crippen LogP contribution in [0.1, 0.15) is 18.6 Å². The zero-order valence-electron chi connectivity index (χ0n) is 10.6. The topological polar surface area (TPSA) is 72.6 Å². The van der Waals surface area contributed by atoms with Crippen molar-refractivity contribution >= 4 is 21.6 Å². The number of benzene rings is 2. The molecule has 0 spiro atoms. The van der Waals surface area contributed by atoms with Gasteiger partial charge in [-0.25, -0.2) is 0 Å². The van der Waals surface area contributed by atoms with Gasteiger partial charge >= 0.3 is 5.69 Å². The first-order valence-corrected chi connectivity index (χ1v) is 6.66. The van der Waals surface area contributed by atoms with Crippen molar-refractivity contribution in [2.45, 2.75) is 13.0 Å². The maximum absolute atomic E-state index is 11.0. The molecular formula is C14H12BrNO4. The average molecular weight is 338 g/mol. The Morgan fingerprint density at radius 1 is 1.25 bits per heavy atom. The zero-order valence-corrected chi connectivity index (χ0v) is 12.2. The van der Waals surface area contributed by atoms with Crippen LogP contribution in [-0.4, -0.2) is 10.0 Å². The average Bonchev–Trinajstić information content (AvgIpc) is 2.41. The second kappa shape index (κ2) is 6.02. The molecule has 0 saturated carbocycles. The summed E-state index contributed by atoms with van der Waals surface area (Å²) in [4.78, 5) is 10.5. The van der Waals surface area contributed by atoms with Gasteiger partial charge in [0, 0.05) is 10.5 Å². The van der Waals surface area contributed by atoms with Crippen LogP contribution in [0, 0.1) is 10.1 Å². The van der Waals surface area contributed by atoms with E-state index in [0.717, 1.165) is 5.56 Å². The van der Waals surface area contributed by atoms with Crippen LogP contribution in [-0.2, 0) is 0 Å². The fraction of sp³-hybridized carbons (Fsp3) is 0.143. The first-order chi connectivity index (χ1) is 9.47. The number of nitro groups is 1. The minimum absolute atomic E-state index is 0.112. The van der Waals surface area contributed by atoms with Gasteiger partial charge in [-0.2, -0.15) is 0 Å². The van der Waals surface area contributed by atoms with E-state index < -0.39 is 11.0 Å². The number of rotatable bonds is 4. The van der Waals surface area contributed by atoms with Gasteiger partial charge in [0.2, 0.25) is 5.75 Å². The fourth-order valence-corrected chi connectivity index (χ4v) is 2.01. The van der Waals surface area contributed by atoms with Crippen LogP contribution in [0.3, 0.4) is 0 Å². The SMILES string of the molecule is C[C@@H](O)c1ccc(Oc2ccc(Br)cc2[N+](=O)[O-])cc1. The number of ether oxygens (including phenoxy) is 1. The van der Waals surface area contributed by atoms with Gasteiger partial charge < -0.3 is 9.84 Å². The highest BCUT2D eigenvalue weighted by Gasteiger charge is 2.16. The molecule has 6 heteroatoms. The largest absolute Gasteiger partial charge is 0.450 e. The summed E-state index contributed by atoms with van der Waals surface area (Å²) in [6, 6.07) is 11.3. The Morgan fingerprint density at radius 3 is 2.45 bits per heavy atom. The quantitative estimate of drug-likeness (QED) is 0.670. The Bertz CT molecular complexity index is 626. The molecule has 1 atom stereocenters. The number of aliphatic hydroxyl groups excluding tert-OH is 1. The first-order valence-electron chi connectivity index (χ1n) is 5.87. The van der Waals surface area contributed by atoms with Crippen molar-refractivity contribution in [2.24, 2.45) is 0 Å². The van der Waals surface area contributed by atoms with Crippen LogP contribution in [0.25, 0.3) is 0 Å². The predicted octanol–water partition coefficient (Wildman–Crippen LogP) is 4.20. The molecule has 2 aromatic carbocycles. The van der Waals surface area contributed by atoms with Gasteiger partial charge in [-0.15, -0.1) is 0 Å². The standard InChI is InChI=1S/C14H12BrNO4/c1-9(17)10-2-5-12(6-3-10)20-14-7-4-11(15)8-13(14)16(18)19/h2-9,17H,1H3/t9-/m1/s1. The van der Waals surface area contributed by atoms with E-state index in [2.05, 4.69) is 15.9 Å². The van der Waals surface area contributed by atoms with Gasteiger partial charge in [0.05, 0.1) is 11.0 Å². The van der Waals surface area contributed by atoms with Gasteiger partial charge in [-0.3, -0.25) is 10.1 Å². The molecule has 0 aliphatic carbocycles. The molecule has 0 heterocycles. The number of aliphatic hydroxyl groups is 1. The third-order valence-corrected chi connectivity index (χ3v) is 3.20. The van der Waals surface area contributed by atoms with Crippen molar-refractivity contribution in [3.8, 4) is 11.5 Å². The van der Waals surface area contributed by atoms with E-state index in [9.17, 15) is 15.2 Å². The Labute approximate surface area is 124 Å². The Kier molecular flexibility index (Phi) is 4.36. The predicted molar refractivity (Wildman–Crippen MR) is 77.9 cm³/mol. The lowest BCUT2D eigenvalue weighted by molar-refractivity contribution is -0.385. The van der Waals surface area contributed by atoms with E-state index in [1.165, 1.54) is 12.1 Å². The molecule has 104 valence electrons. The third-order valence-electron chi connectivity index (χ3n) is 2.71. The maximum Gasteiger partial charge on any atom is 0.312 e. The second-order valence-corrected chi connectivity index (χ2v) is 5.13. The van der Waals surface area contributed by atoms with Gasteiger partial charge in [0.15, 0.2) is 0 Å². The minimum Gasteiger partial charge on any atom is -0.450 e. The van der Waals surface area contributed by atoms with Crippen LogP contribution in [0.2, 0.25) is 0 Å². The number of hydrogen-bond donors (Lipinski definition) is 1. The molecule has 0 aliphatic heterocycles. The smallest absolute Gasteiger partial charge is 0.312 e. The highest BCUT2D eigenvalue weighted by Crippen LogP contribution is 2.33. The molecule has 20 heavy (non-hydrogen) atoms. The Balaban J connectivity index is 2.28. The summed E-state index contributed by atoms with van der Waals surface area (Å²) in [6.07, 6.45) is -0.564. The summed E-state index contributed by atoms with van der Waals surface area (Å²) in [5.74, 6) is 0.641. The zero-order chi connectivity index (χ0) is 14.7. The molecule has 0 amide bonds. The molecule has 0 bridgehead atoms. The van der Waals surface area contributed by atoms with Crippen LogP contribution in [0.15, 0.2) is 46.9 Å². The molecule has 0 radical (unpaired) electrons. The van der Waals surface area contributed by atoms with E-state index in [1.807, 2.05) is 0 Å². The molecule has 0 aromatic heterocycles. The molecule has 0 saturated heterocycles. The van der Waals surface area contributed by atoms with Gasteiger partial charge in [-0.05, 0) is 36.8 Å². The monoisotopic (exact) mass is 337 g/mol. The summed E-state index contributed by atoms with van der Waals surface area (Å²) in [5, 5.41) is 20.4. The molecule has 5 nitrogen and oxygen atoms in total. The second-order valence-electron chi connectivity index (χ2n) is 4.22. The Hall–Kier alpha value is -1.92. The van der Waals surface area contributed by atoms with Crippen molar-refractivity contribution in [3.05, 3.63) is 62.6 Å². The molecule has 0 unspecified atom stereocenters. The van der Waals surface area contributed by atoms with Crippen molar-refractivity contribution in [3.63, 3.8) is 0 Å². The number of nitro benzene ring substituents is 1. The van der Waals surface area contributed by atoms with E-state index in [1.54, 1.807) is 37.3 Å². The third kappa shape index (κ3) is 3.34. The molecule has 2 aromatic rings. The summed E-state index contributed by atoms with van der Waals surface area (Å²) >= 11 is 3.19. The lowest BCUT2D eigenvalue weighted by atomic mass is 10.1. The number of nitrogens with zero attached hydrogens (tertiary/aromatic N) is 1. The van der Waals surface area contributed by atoms with Gasteiger partial charge in [0.25, 0.3) is 0 Å². The minimum atomic E-state index is -0.564. The lowest BCUT2D eigenvalue weighted by Gasteiger charge is -2.08. The highest BCUT2D eigenvalue weighted by molar-refractivity contribution is 9.10. The maximum atomic E-state index is 11.0.